The van der Waals surface area contributed by atoms with Crippen LogP contribution < -0.4 is 0 Å². The standard InChI is InChI=1S/C20H24F2N2O3/c1-12(2)16-11-27-20-7-8-23(17(20)10-19(26)24(16)20)18(25)6-4-13-3-5-14(21)15(22)9-13/h3,5,9,12,16-17H,4,6-8,10-11H2,1-2H3/t16-,17+,20-/m0/s1. The van der Waals surface area contributed by atoms with E-state index >= 15 is 0 Å². The highest BCUT2D eigenvalue weighted by molar-refractivity contribution is 5.85. The van der Waals surface area contributed by atoms with Gasteiger partial charge in [0.2, 0.25) is 11.8 Å². The van der Waals surface area contributed by atoms with Crippen molar-refractivity contribution >= 4 is 11.8 Å². The van der Waals surface area contributed by atoms with Crippen molar-refractivity contribution in [3.05, 3.63) is 35.4 Å². The average molecular weight is 378 g/mol. The highest BCUT2D eigenvalue weighted by atomic mass is 19.2. The summed E-state index contributed by atoms with van der Waals surface area (Å²) in [5, 5.41) is 0. The SMILES string of the molecule is CC(C)[C@@H]1CO[C@@]23CCN(C(=O)CCc4ccc(F)c(F)c4)[C@@H]2CC(=O)N13. The van der Waals surface area contributed by atoms with Crippen LogP contribution in [0.4, 0.5) is 8.78 Å². The molecule has 1 spiro atoms. The minimum atomic E-state index is -0.906. The number of hydrogen-bond donors (Lipinski definition) is 0. The van der Waals surface area contributed by atoms with Crippen LogP contribution in [0.15, 0.2) is 18.2 Å². The van der Waals surface area contributed by atoms with E-state index in [2.05, 4.69) is 13.8 Å². The highest BCUT2D eigenvalue weighted by Crippen LogP contribution is 2.48. The normalized spacial score (nSPS) is 29.6. The molecule has 3 fully saturated rings. The topological polar surface area (TPSA) is 49.9 Å². The van der Waals surface area contributed by atoms with Gasteiger partial charge in [0, 0.05) is 19.4 Å². The number of hydrogen-bond acceptors (Lipinski definition) is 3. The number of benzene rings is 1. The number of likely N-dealkylation sites (tertiary alicyclic amines) is 1. The Bertz CT molecular complexity index is 784. The third-order valence-corrected chi connectivity index (χ3v) is 6.19. The molecule has 5 nitrogen and oxygen atoms in total. The third-order valence-electron chi connectivity index (χ3n) is 6.19. The van der Waals surface area contributed by atoms with E-state index in [0.717, 1.165) is 12.1 Å². The quantitative estimate of drug-likeness (QED) is 0.809. The third kappa shape index (κ3) is 2.83. The van der Waals surface area contributed by atoms with E-state index in [-0.39, 0.29) is 30.3 Å². The van der Waals surface area contributed by atoms with Crippen molar-refractivity contribution < 1.29 is 23.1 Å². The first kappa shape index (κ1) is 18.3. The second kappa shape index (κ2) is 6.55. The molecule has 0 aliphatic carbocycles. The monoisotopic (exact) mass is 378 g/mol. The van der Waals surface area contributed by atoms with E-state index in [4.69, 9.17) is 4.74 Å². The number of amides is 2. The van der Waals surface area contributed by atoms with E-state index in [9.17, 15) is 18.4 Å². The molecule has 7 heteroatoms. The first-order chi connectivity index (χ1) is 12.8. The Labute approximate surface area is 157 Å². The van der Waals surface area contributed by atoms with Crippen LogP contribution in [0, 0.1) is 17.6 Å². The van der Waals surface area contributed by atoms with Crippen molar-refractivity contribution in [1.29, 1.82) is 0 Å². The predicted molar refractivity (Wildman–Crippen MR) is 93.6 cm³/mol. The first-order valence-corrected chi connectivity index (χ1v) is 9.53. The minimum Gasteiger partial charge on any atom is -0.351 e. The Morgan fingerprint density at radius 1 is 1.33 bits per heavy atom. The van der Waals surface area contributed by atoms with E-state index in [1.54, 1.807) is 4.90 Å². The van der Waals surface area contributed by atoms with Crippen LogP contribution in [0.25, 0.3) is 0 Å². The molecule has 1 aromatic rings. The van der Waals surface area contributed by atoms with Crippen LogP contribution in [0.2, 0.25) is 0 Å². The second-order valence-corrected chi connectivity index (χ2v) is 8.04. The zero-order valence-corrected chi connectivity index (χ0v) is 15.6. The van der Waals surface area contributed by atoms with Gasteiger partial charge in [-0.25, -0.2) is 8.78 Å². The number of carbonyl (C=O) groups excluding carboxylic acids is 2. The summed E-state index contributed by atoms with van der Waals surface area (Å²) in [6, 6.07) is 3.49. The maximum atomic E-state index is 13.3. The van der Waals surface area contributed by atoms with Crippen LogP contribution in [0.1, 0.15) is 38.7 Å². The molecule has 0 unspecified atom stereocenters. The summed E-state index contributed by atoms with van der Waals surface area (Å²) in [4.78, 5) is 29.1. The summed E-state index contributed by atoms with van der Waals surface area (Å²) in [6.07, 6.45) is 1.45. The van der Waals surface area contributed by atoms with Gasteiger partial charge in [-0.2, -0.15) is 0 Å². The van der Waals surface area contributed by atoms with Crippen molar-refractivity contribution in [1.82, 2.24) is 9.80 Å². The molecule has 2 amide bonds. The molecule has 1 aromatic carbocycles. The Balaban J connectivity index is 1.46. The Hall–Kier alpha value is -2.02. The molecule has 0 saturated carbocycles. The van der Waals surface area contributed by atoms with Gasteiger partial charge in [0.25, 0.3) is 0 Å². The summed E-state index contributed by atoms with van der Waals surface area (Å²) in [6.45, 7) is 5.22. The average Bonchev–Trinajstić information content (AvgIpc) is 3.25. The highest BCUT2D eigenvalue weighted by Gasteiger charge is 2.65. The van der Waals surface area contributed by atoms with E-state index in [1.165, 1.54) is 6.07 Å². The molecule has 3 saturated heterocycles. The molecule has 0 bridgehead atoms. The maximum Gasteiger partial charge on any atom is 0.227 e. The van der Waals surface area contributed by atoms with Gasteiger partial charge in [-0.3, -0.25) is 9.59 Å². The van der Waals surface area contributed by atoms with Gasteiger partial charge in [0.15, 0.2) is 17.4 Å². The summed E-state index contributed by atoms with van der Waals surface area (Å²) in [5.74, 6) is -1.53. The van der Waals surface area contributed by atoms with Crippen LogP contribution in [0.5, 0.6) is 0 Å². The van der Waals surface area contributed by atoms with Crippen LogP contribution in [-0.2, 0) is 20.7 Å². The molecule has 3 atom stereocenters. The van der Waals surface area contributed by atoms with E-state index in [0.29, 0.717) is 43.9 Å². The Kier molecular flexibility index (Phi) is 4.45. The zero-order chi connectivity index (χ0) is 19.3. The molecule has 4 rings (SSSR count). The number of nitrogens with zero attached hydrogens (tertiary/aromatic N) is 2. The number of aryl methyl sites for hydroxylation is 1. The number of ether oxygens (including phenoxy) is 1. The molecule has 0 N–H and O–H groups in total. The zero-order valence-electron chi connectivity index (χ0n) is 15.6. The molecule has 27 heavy (non-hydrogen) atoms. The minimum absolute atomic E-state index is 0.0503. The molecule has 0 radical (unpaired) electrons. The van der Waals surface area contributed by atoms with Crippen LogP contribution >= 0.6 is 0 Å². The van der Waals surface area contributed by atoms with Gasteiger partial charge in [-0.15, -0.1) is 0 Å². The molecule has 3 aliphatic heterocycles. The lowest BCUT2D eigenvalue weighted by molar-refractivity contribution is -0.141. The second-order valence-electron chi connectivity index (χ2n) is 8.04. The van der Waals surface area contributed by atoms with Crippen molar-refractivity contribution in [2.45, 2.75) is 57.3 Å². The lowest BCUT2D eigenvalue weighted by Gasteiger charge is -2.34. The molecule has 3 heterocycles. The van der Waals surface area contributed by atoms with Gasteiger partial charge < -0.3 is 14.5 Å². The lowest BCUT2D eigenvalue weighted by Crippen LogP contribution is -2.51. The van der Waals surface area contributed by atoms with Gasteiger partial charge in [-0.1, -0.05) is 19.9 Å². The van der Waals surface area contributed by atoms with E-state index in [1.807, 2.05) is 4.90 Å². The summed E-state index contributed by atoms with van der Waals surface area (Å²) in [5.41, 5.74) is -0.0961. The summed E-state index contributed by atoms with van der Waals surface area (Å²) in [7, 11) is 0. The number of halogens is 2. The fourth-order valence-electron chi connectivity index (χ4n) is 4.76. The summed E-state index contributed by atoms with van der Waals surface area (Å²) < 4.78 is 32.5. The first-order valence-electron chi connectivity index (χ1n) is 9.53. The van der Waals surface area contributed by atoms with E-state index < -0.39 is 17.4 Å². The molecule has 0 aromatic heterocycles. The van der Waals surface area contributed by atoms with Gasteiger partial charge in [-0.05, 0) is 30.0 Å². The van der Waals surface area contributed by atoms with Crippen molar-refractivity contribution in [3.8, 4) is 0 Å². The van der Waals surface area contributed by atoms with Crippen molar-refractivity contribution in [3.63, 3.8) is 0 Å². The molecular weight excluding hydrogens is 354 g/mol. The van der Waals surface area contributed by atoms with Crippen molar-refractivity contribution in [2.75, 3.05) is 13.2 Å². The van der Waals surface area contributed by atoms with Gasteiger partial charge in [0.05, 0.1) is 25.1 Å². The van der Waals surface area contributed by atoms with Crippen LogP contribution in [0.3, 0.4) is 0 Å². The number of carbonyl (C=O) groups is 2. The van der Waals surface area contributed by atoms with Crippen LogP contribution in [-0.4, -0.2) is 52.6 Å². The van der Waals surface area contributed by atoms with Gasteiger partial charge in [0.1, 0.15) is 0 Å². The maximum absolute atomic E-state index is 13.3. The molecule has 146 valence electrons. The lowest BCUT2D eigenvalue weighted by atomic mass is 10.0. The Morgan fingerprint density at radius 2 is 2.11 bits per heavy atom. The predicted octanol–water partition coefficient (Wildman–Crippen LogP) is 2.48. The Morgan fingerprint density at radius 3 is 2.81 bits per heavy atom. The summed E-state index contributed by atoms with van der Waals surface area (Å²) >= 11 is 0. The fraction of sp³-hybridized carbons (Fsp3) is 0.600. The van der Waals surface area contributed by atoms with Gasteiger partial charge >= 0.3 is 0 Å². The molecule has 3 aliphatic rings. The van der Waals surface area contributed by atoms with Crippen molar-refractivity contribution in [2.24, 2.45) is 5.92 Å². The molecular formula is C20H24F2N2O3. The number of rotatable bonds is 4. The smallest absolute Gasteiger partial charge is 0.227 e. The largest absolute Gasteiger partial charge is 0.351 e. The fourth-order valence-corrected chi connectivity index (χ4v) is 4.76.